The molecule has 9 nitrogen and oxygen atoms in total. The van der Waals surface area contributed by atoms with Crippen LogP contribution in [0, 0.1) is 0 Å². The molecular formula is C19H16F3N5O4. The number of para-hydroxylation sites is 2. The smallest absolute Gasteiger partial charge is 0.434 e. The van der Waals surface area contributed by atoms with Crippen LogP contribution in [0.15, 0.2) is 42.6 Å². The third kappa shape index (κ3) is 4.22. The number of nitrogens with one attached hydrogen (secondary N) is 1. The van der Waals surface area contributed by atoms with Gasteiger partial charge in [0.1, 0.15) is 12.7 Å². The van der Waals surface area contributed by atoms with Crippen molar-refractivity contribution in [1.82, 2.24) is 25.3 Å². The summed E-state index contributed by atoms with van der Waals surface area (Å²) < 4.78 is 57.8. The van der Waals surface area contributed by atoms with Crippen molar-refractivity contribution in [2.45, 2.75) is 12.3 Å². The van der Waals surface area contributed by atoms with Crippen LogP contribution in [0.25, 0.3) is 5.82 Å². The lowest BCUT2D eigenvalue weighted by atomic mass is 10.2. The number of rotatable bonds is 5. The lowest BCUT2D eigenvalue weighted by Gasteiger charge is -2.26. The third-order valence-corrected chi connectivity index (χ3v) is 4.39. The van der Waals surface area contributed by atoms with Crippen LogP contribution in [-0.4, -0.2) is 52.3 Å². The number of hydrogen-bond acceptors (Lipinski definition) is 7. The molecule has 162 valence electrons. The molecule has 0 fully saturated rings. The Morgan fingerprint density at radius 2 is 2.00 bits per heavy atom. The number of carbonyl (C=O) groups excluding carboxylic acids is 1. The Bertz CT molecular complexity index is 1080. The molecule has 1 aliphatic rings. The summed E-state index contributed by atoms with van der Waals surface area (Å²) in [6.07, 6.45) is -4.60. The monoisotopic (exact) mass is 435 g/mol. The van der Waals surface area contributed by atoms with E-state index in [1.165, 1.54) is 19.2 Å². The highest BCUT2D eigenvalue weighted by molar-refractivity contribution is 5.95. The number of halogens is 3. The van der Waals surface area contributed by atoms with E-state index in [2.05, 4.69) is 20.6 Å². The number of benzene rings is 1. The Morgan fingerprint density at radius 3 is 2.68 bits per heavy atom. The fourth-order valence-electron chi connectivity index (χ4n) is 2.96. The van der Waals surface area contributed by atoms with E-state index in [4.69, 9.17) is 14.2 Å². The summed E-state index contributed by atoms with van der Waals surface area (Å²) in [5, 5.41) is 13.4. The normalized spacial score (nSPS) is 15.4. The van der Waals surface area contributed by atoms with Crippen molar-refractivity contribution in [1.29, 1.82) is 0 Å². The second-order valence-corrected chi connectivity index (χ2v) is 6.46. The highest BCUT2D eigenvalue weighted by atomic mass is 19.4. The molecule has 0 unspecified atom stereocenters. The van der Waals surface area contributed by atoms with E-state index < -0.39 is 29.4 Å². The first-order valence-electron chi connectivity index (χ1n) is 9.07. The summed E-state index contributed by atoms with van der Waals surface area (Å²) in [5.41, 5.74) is -1.92. The standard InChI is InChI=1S/C19H16F3N5O4/c1-29-16-7-6-15(25-26-16)27-17(19(20,21)22)12(9-24-27)18(28)23-8-11-10-30-13-4-2-3-5-14(13)31-11/h2-7,9,11H,8,10H2,1H3,(H,23,28)/t11-/m1/s1. The van der Waals surface area contributed by atoms with Crippen molar-refractivity contribution in [2.24, 2.45) is 0 Å². The zero-order valence-corrected chi connectivity index (χ0v) is 16.1. The van der Waals surface area contributed by atoms with E-state index >= 15 is 0 Å². The Morgan fingerprint density at radius 1 is 1.23 bits per heavy atom. The molecule has 0 aliphatic carbocycles. The predicted octanol–water partition coefficient (Wildman–Crippen LogP) is 2.26. The zero-order chi connectivity index (χ0) is 22.0. The molecule has 1 aliphatic heterocycles. The number of ether oxygens (including phenoxy) is 3. The molecule has 1 N–H and O–H groups in total. The van der Waals surface area contributed by atoms with Crippen LogP contribution >= 0.6 is 0 Å². The Labute approximate surface area is 173 Å². The molecule has 0 bridgehead atoms. The first-order valence-corrected chi connectivity index (χ1v) is 9.07. The Kier molecular flexibility index (Phi) is 5.36. The van der Waals surface area contributed by atoms with Crippen LogP contribution in [0.2, 0.25) is 0 Å². The van der Waals surface area contributed by atoms with E-state index in [9.17, 15) is 18.0 Å². The first kappa shape index (κ1) is 20.4. The number of methoxy groups -OCH3 is 1. The molecule has 4 rings (SSSR count). The highest BCUT2D eigenvalue weighted by Crippen LogP contribution is 2.34. The minimum atomic E-state index is -4.87. The largest absolute Gasteiger partial charge is 0.486 e. The van der Waals surface area contributed by atoms with Gasteiger partial charge in [0.05, 0.1) is 25.4 Å². The second-order valence-electron chi connectivity index (χ2n) is 6.46. The van der Waals surface area contributed by atoms with Gasteiger partial charge in [0.15, 0.2) is 23.0 Å². The second kappa shape index (κ2) is 8.13. The van der Waals surface area contributed by atoms with Crippen molar-refractivity contribution in [3.05, 3.63) is 53.9 Å². The average molecular weight is 435 g/mol. The number of carbonyl (C=O) groups is 1. The molecule has 0 radical (unpaired) electrons. The molecule has 0 saturated heterocycles. The van der Waals surface area contributed by atoms with Gasteiger partial charge in [-0.05, 0) is 18.2 Å². The quantitative estimate of drug-likeness (QED) is 0.656. The number of nitrogens with zero attached hydrogens (tertiary/aromatic N) is 4. The predicted molar refractivity (Wildman–Crippen MR) is 99.4 cm³/mol. The first-order chi connectivity index (χ1) is 14.9. The minimum Gasteiger partial charge on any atom is -0.486 e. The van der Waals surface area contributed by atoms with Crippen molar-refractivity contribution in [3.63, 3.8) is 0 Å². The van der Waals surface area contributed by atoms with Gasteiger partial charge in [-0.2, -0.15) is 18.3 Å². The highest BCUT2D eigenvalue weighted by Gasteiger charge is 2.41. The summed E-state index contributed by atoms with van der Waals surface area (Å²) >= 11 is 0. The molecule has 3 aromatic rings. The van der Waals surface area contributed by atoms with E-state index in [0.717, 1.165) is 6.20 Å². The maximum Gasteiger partial charge on any atom is 0.434 e. The summed E-state index contributed by atoms with van der Waals surface area (Å²) in [6.45, 7) is 0.0854. The van der Waals surface area contributed by atoms with Gasteiger partial charge < -0.3 is 19.5 Å². The van der Waals surface area contributed by atoms with Crippen LogP contribution in [0.1, 0.15) is 16.1 Å². The van der Waals surface area contributed by atoms with Gasteiger partial charge in [0.25, 0.3) is 5.91 Å². The zero-order valence-electron chi connectivity index (χ0n) is 16.1. The van der Waals surface area contributed by atoms with Crippen molar-refractivity contribution < 1.29 is 32.2 Å². The topological polar surface area (TPSA) is 100 Å². The summed E-state index contributed by atoms with van der Waals surface area (Å²) in [4.78, 5) is 12.5. The Hall–Kier alpha value is -3.83. The molecule has 2 aromatic heterocycles. The van der Waals surface area contributed by atoms with E-state index in [0.29, 0.717) is 16.2 Å². The van der Waals surface area contributed by atoms with Gasteiger partial charge >= 0.3 is 6.18 Å². The summed E-state index contributed by atoms with van der Waals surface area (Å²) in [5.74, 6) is 0.00944. The molecule has 1 aromatic carbocycles. The van der Waals surface area contributed by atoms with Gasteiger partial charge in [-0.1, -0.05) is 12.1 Å². The van der Waals surface area contributed by atoms with Gasteiger partial charge in [0.2, 0.25) is 5.88 Å². The van der Waals surface area contributed by atoms with Crippen LogP contribution in [0.3, 0.4) is 0 Å². The number of hydrogen-bond donors (Lipinski definition) is 1. The van der Waals surface area contributed by atoms with Gasteiger partial charge in [-0.15, -0.1) is 10.2 Å². The molecule has 1 atom stereocenters. The van der Waals surface area contributed by atoms with Gasteiger partial charge in [0, 0.05) is 6.07 Å². The van der Waals surface area contributed by atoms with Gasteiger partial charge in [-0.3, -0.25) is 4.79 Å². The lowest BCUT2D eigenvalue weighted by Crippen LogP contribution is -2.41. The molecular weight excluding hydrogens is 419 g/mol. The van der Waals surface area contributed by atoms with Crippen molar-refractivity contribution in [3.8, 4) is 23.2 Å². The fourth-order valence-corrected chi connectivity index (χ4v) is 2.96. The summed E-state index contributed by atoms with van der Waals surface area (Å²) in [7, 11) is 1.35. The SMILES string of the molecule is COc1ccc(-n2ncc(C(=O)NC[C@@H]3COc4ccccc4O3)c2C(F)(F)F)nn1. The summed E-state index contributed by atoms with van der Waals surface area (Å²) in [6, 6.07) is 9.56. The fraction of sp³-hybridized carbons (Fsp3) is 0.263. The average Bonchev–Trinajstić information content (AvgIpc) is 3.23. The number of amides is 1. The van der Waals surface area contributed by atoms with Gasteiger partial charge in [-0.25, -0.2) is 4.68 Å². The van der Waals surface area contributed by atoms with Crippen molar-refractivity contribution in [2.75, 3.05) is 20.3 Å². The molecule has 1 amide bonds. The number of alkyl halides is 3. The molecule has 12 heteroatoms. The van der Waals surface area contributed by atoms with Crippen LogP contribution in [0.4, 0.5) is 13.2 Å². The maximum absolute atomic E-state index is 13.7. The minimum absolute atomic E-state index is 0.0576. The Balaban J connectivity index is 1.52. The molecule has 0 saturated carbocycles. The number of aromatic nitrogens is 4. The van der Waals surface area contributed by atoms with E-state index in [1.54, 1.807) is 24.3 Å². The molecule has 0 spiro atoms. The maximum atomic E-state index is 13.7. The van der Waals surface area contributed by atoms with E-state index in [1.807, 2.05) is 0 Å². The van der Waals surface area contributed by atoms with E-state index in [-0.39, 0.29) is 24.8 Å². The lowest BCUT2D eigenvalue weighted by molar-refractivity contribution is -0.143. The van der Waals surface area contributed by atoms with Crippen molar-refractivity contribution >= 4 is 5.91 Å². The molecule has 31 heavy (non-hydrogen) atoms. The molecule has 3 heterocycles. The van der Waals surface area contributed by atoms with Crippen LogP contribution in [-0.2, 0) is 6.18 Å². The number of fused-ring (bicyclic) bond motifs is 1. The van der Waals surface area contributed by atoms with Crippen LogP contribution < -0.4 is 19.5 Å². The van der Waals surface area contributed by atoms with Crippen LogP contribution in [0.5, 0.6) is 17.4 Å². The third-order valence-electron chi connectivity index (χ3n) is 4.39.